The van der Waals surface area contributed by atoms with E-state index in [0.717, 1.165) is 0 Å². The predicted octanol–water partition coefficient (Wildman–Crippen LogP) is 39.9. The van der Waals surface area contributed by atoms with E-state index < -0.39 is 0 Å². The van der Waals surface area contributed by atoms with E-state index in [-0.39, 0.29) is 0 Å². The molecule has 0 aliphatic heterocycles. The normalized spacial score (nSPS) is 11.4. The fourth-order valence-electron chi connectivity index (χ4n) is 22.0. The summed E-state index contributed by atoms with van der Waals surface area (Å²) in [4.78, 5) is 0. The molecule has 662 valence electrons. The molecule has 0 N–H and O–H groups in total. The van der Waals surface area contributed by atoms with Gasteiger partial charge >= 0.3 is 0 Å². The number of hydrogen-bond donors (Lipinski definition) is 0. The van der Waals surface area contributed by atoms with Gasteiger partial charge in [0.2, 0.25) is 0 Å². The molecule has 0 atom stereocenters. The van der Waals surface area contributed by atoms with E-state index in [0.29, 0.717) is 0 Å². The molecule has 0 aliphatic carbocycles. The maximum Gasteiger partial charge on any atom is -0.00201 e. The van der Waals surface area contributed by atoms with Gasteiger partial charge in [0.25, 0.3) is 0 Å². The average Bonchev–Trinajstić information content (AvgIpc) is 0.731. The summed E-state index contributed by atoms with van der Waals surface area (Å²) in [6.07, 6.45) is 0. The molecule has 0 radical (unpaired) electrons. The van der Waals surface area contributed by atoms with Crippen molar-refractivity contribution >= 4 is 108 Å². The van der Waals surface area contributed by atoms with Crippen molar-refractivity contribution in [2.45, 2.75) is 0 Å². The van der Waals surface area contributed by atoms with E-state index in [4.69, 9.17) is 0 Å². The smallest absolute Gasteiger partial charge is 0.00201 e. The second kappa shape index (κ2) is 37.6. The van der Waals surface area contributed by atoms with Crippen LogP contribution in [0.3, 0.4) is 0 Å². The summed E-state index contributed by atoms with van der Waals surface area (Å²) in [5.41, 5.74) is 34.7. The minimum Gasteiger partial charge on any atom is -0.0622 e. The zero-order valence-corrected chi connectivity index (χ0v) is 78.3. The maximum atomic E-state index is 2.42. The minimum absolute atomic E-state index is 1.21. The van der Waals surface area contributed by atoms with Gasteiger partial charge in [-0.2, -0.15) is 0 Å². The molecular formula is C142H94. The third-order valence-electron chi connectivity index (χ3n) is 28.8. The van der Waals surface area contributed by atoms with Crippen LogP contribution in [0.5, 0.6) is 0 Å². The molecule has 0 aromatic heterocycles. The first kappa shape index (κ1) is 85.2. The number of benzene rings is 27. The summed E-state index contributed by atoms with van der Waals surface area (Å²) < 4.78 is 0. The Hall–Kier alpha value is -18.5. The molecule has 0 saturated heterocycles. The van der Waals surface area contributed by atoms with Crippen LogP contribution in [0, 0.1) is 0 Å². The van der Waals surface area contributed by atoms with Crippen molar-refractivity contribution in [2.75, 3.05) is 0 Å². The Morgan fingerprint density at radius 1 is 0.0704 bits per heavy atom. The van der Waals surface area contributed by atoms with Crippen LogP contribution in [0.4, 0.5) is 0 Å². The molecule has 0 unspecified atom stereocenters. The summed E-state index contributed by atoms with van der Waals surface area (Å²) in [6, 6.07) is 208. The zero-order chi connectivity index (χ0) is 94.2. The van der Waals surface area contributed by atoms with Gasteiger partial charge in [0.15, 0.2) is 0 Å². The third kappa shape index (κ3) is 16.2. The number of rotatable bonds is 14. The first-order chi connectivity index (χ1) is 70.4. The minimum atomic E-state index is 1.21. The van der Waals surface area contributed by atoms with Crippen LogP contribution in [0.2, 0.25) is 0 Å². The molecule has 27 aromatic carbocycles. The Labute approximate surface area is 827 Å². The van der Waals surface area contributed by atoms with E-state index in [1.807, 2.05) is 0 Å². The first-order valence-electron chi connectivity index (χ1n) is 49.1. The van der Waals surface area contributed by atoms with Crippen molar-refractivity contribution in [3.8, 4) is 156 Å². The average molecular weight is 1800 g/mol. The highest BCUT2D eigenvalue weighted by atomic mass is 14.3. The fourth-order valence-corrected chi connectivity index (χ4v) is 22.0. The van der Waals surface area contributed by atoms with Crippen LogP contribution in [0.15, 0.2) is 570 Å². The molecule has 0 nitrogen and oxygen atoms in total. The van der Waals surface area contributed by atoms with Crippen molar-refractivity contribution in [3.63, 3.8) is 0 Å². The molecule has 142 heavy (non-hydrogen) atoms. The third-order valence-corrected chi connectivity index (χ3v) is 28.8. The van der Waals surface area contributed by atoms with Crippen molar-refractivity contribution in [2.24, 2.45) is 0 Å². The summed E-state index contributed by atoms with van der Waals surface area (Å²) in [5, 5.41) is 25.3. The standard InChI is InChI=1S/2C52H34.C38H26/c1-2-12-35(13-3-1)36-24-26-37(27-25-36)42-32-33-49-50(34-42)51(41-30-28-40(29-31-41)44-22-10-16-38-14-4-6-18-43(38)44)47-20-8-9-21-48(47)52(49)46-23-11-17-39-15-5-7-19-45(39)46;1-2-11-35(12-3-1)37-21-23-39(24-22-37)44-31-32-49-50(34-44)51(41-28-25-38(26-29-41)43-30-27-36-13-4-5-15-42(36)33-43)47-18-8-9-19-48(47)52(49)46-20-10-16-40-14-6-7-17-45(40)46;1-4-13-27(14-5-1)30-19-12-20-31(25-30)32-23-24-35-36(26-32)38(29-17-8-3-9-18-29)34-22-11-10-21-33(34)37(35)28-15-6-2-7-16-28/h2*1-34H;1-26H. The van der Waals surface area contributed by atoms with E-state index in [1.54, 1.807) is 0 Å². The Morgan fingerprint density at radius 3 is 0.641 bits per heavy atom. The van der Waals surface area contributed by atoms with E-state index in [1.165, 1.54) is 264 Å². The van der Waals surface area contributed by atoms with Crippen LogP contribution in [-0.4, -0.2) is 0 Å². The quantitative estimate of drug-likeness (QED) is 0.0952. The Kier molecular flexibility index (Phi) is 22.5. The molecule has 0 heteroatoms. The molecule has 0 aliphatic rings. The Morgan fingerprint density at radius 2 is 0.261 bits per heavy atom. The van der Waals surface area contributed by atoms with Crippen LogP contribution in [0.1, 0.15) is 0 Å². The lowest BCUT2D eigenvalue weighted by Crippen LogP contribution is -1.93. The second-order valence-corrected chi connectivity index (χ2v) is 37.0. The summed E-state index contributed by atoms with van der Waals surface area (Å²) >= 11 is 0. The van der Waals surface area contributed by atoms with E-state index in [2.05, 4.69) is 570 Å². The summed E-state index contributed by atoms with van der Waals surface area (Å²) in [7, 11) is 0. The summed E-state index contributed by atoms with van der Waals surface area (Å²) in [5.74, 6) is 0. The van der Waals surface area contributed by atoms with Gasteiger partial charge in [0.05, 0.1) is 0 Å². The van der Waals surface area contributed by atoms with Crippen LogP contribution >= 0.6 is 0 Å². The van der Waals surface area contributed by atoms with Gasteiger partial charge in [-0.25, -0.2) is 0 Å². The molecule has 27 rings (SSSR count). The molecule has 0 amide bonds. The van der Waals surface area contributed by atoms with Crippen molar-refractivity contribution in [3.05, 3.63) is 570 Å². The van der Waals surface area contributed by atoms with Crippen LogP contribution < -0.4 is 0 Å². The monoisotopic (exact) mass is 1800 g/mol. The molecule has 0 saturated carbocycles. The molecule has 27 aromatic rings. The van der Waals surface area contributed by atoms with Gasteiger partial charge in [-0.05, 0) is 294 Å². The highest BCUT2D eigenvalue weighted by Crippen LogP contribution is 2.52. The van der Waals surface area contributed by atoms with Gasteiger partial charge in [-0.1, -0.05) is 540 Å². The van der Waals surface area contributed by atoms with Crippen LogP contribution in [-0.2, 0) is 0 Å². The lowest BCUT2D eigenvalue weighted by Gasteiger charge is -2.20. The second-order valence-electron chi connectivity index (χ2n) is 37.0. The first-order valence-corrected chi connectivity index (χ1v) is 49.1. The zero-order valence-electron chi connectivity index (χ0n) is 78.3. The van der Waals surface area contributed by atoms with Gasteiger partial charge in [-0.15, -0.1) is 0 Å². The van der Waals surface area contributed by atoms with E-state index in [9.17, 15) is 0 Å². The van der Waals surface area contributed by atoms with Gasteiger partial charge in [-0.3, -0.25) is 0 Å². The SMILES string of the molecule is c1ccc(-c2ccc(-c3ccc4c(-c5cccc6ccccc56)c5ccccc5c(-c5ccc(-c6ccc7ccccc7c6)cc5)c4c3)cc2)cc1.c1ccc(-c2ccc(-c3ccc4c(-c5cccc6ccccc56)c5ccccc5c(-c5ccc(-c6cccc7ccccc67)cc5)c4c3)cc2)cc1.c1ccc(-c2cccc(-c3ccc4c(-c5ccccc5)c5ccccc5c(-c5ccccc5)c4c3)c2)cc1. The molecule has 0 heterocycles. The largest absolute Gasteiger partial charge is 0.0622 e. The molecule has 0 bridgehead atoms. The van der Waals surface area contributed by atoms with E-state index >= 15 is 0 Å². The fraction of sp³-hybridized carbons (Fsp3) is 0. The highest BCUT2D eigenvalue weighted by Gasteiger charge is 2.25. The van der Waals surface area contributed by atoms with Gasteiger partial charge < -0.3 is 0 Å². The lowest BCUT2D eigenvalue weighted by atomic mass is 9.83. The van der Waals surface area contributed by atoms with Gasteiger partial charge in [0, 0.05) is 0 Å². The van der Waals surface area contributed by atoms with Crippen molar-refractivity contribution < 1.29 is 0 Å². The number of hydrogen-bond acceptors (Lipinski definition) is 0. The summed E-state index contributed by atoms with van der Waals surface area (Å²) in [6.45, 7) is 0. The lowest BCUT2D eigenvalue weighted by molar-refractivity contribution is 1.60. The molecular weight excluding hydrogens is 1710 g/mol. The van der Waals surface area contributed by atoms with Crippen LogP contribution in [0.25, 0.3) is 264 Å². The predicted molar refractivity (Wildman–Crippen MR) is 610 cm³/mol. The number of fused-ring (bicyclic) bond motifs is 10. The maximum absolute atomic E-state index is 2.42. The van der Waals surface area contributed by atoms with Crippen molar-refractivity contribution in [1.29, 1.82) is 0 Å². The molecule has 0 spiro atoms. The Bertz CT molecular complexity index is 9410. The molecule has 0 fully saturated rings. The van der Waals surface area contributed by atoms with Gasteiger partial charge in [0.1, 0.15) is 0 Å². The topological polar surface area (TPSA) is 0 Å². The van der Waals surface area contributed by atoms with Crippen molar-refractivity contribution in [1.82, 2.24) is 0 Å². The highest BCUT2D eigenvalue weighted by molar-refractivity contribution is 6.27. The Balaban J connectivity index is 0.000000114.